The van der Waals surface area contributed by atoms with Gasteiger partial charge < -0.3 is 9.57 Å². The predicted octanol–water partition coefficient (Wildman–Crippen LogP) is 2.33. The Kier molecular flexibility index (Phi) is 5.97. The van der Waals surface area contributed by atoms with Crippen molar-refractivity contribution in [2.75, 3.05) is 23.3 Å². The van der Waals surface area contributed by atoms with Gasteiger partial charge in [-0.05, 0) is 25.0 Å². The van der Waals surface area contributed by atoms with Crippen LogP contribution < -0.4 is 10.0 Å². The molecule has 4 rings (SSSR count). The van der Waals surface area contributed by atoms with E-state index < -0.39 is 21.1 Å². The molecule has 0 unspecified atom stereocenters. The maximum atomic E-state index is 13.2. The molecule has 1 aromatic heterocycles. The molecule has 9 nitrogen and oxygen atoms in total. The summed E-state index contributed by atoms with van der Waals surface area (Å²) in [6.07, 6.45) is 2.70. The highest BCUT2D eigenvalue weighted by molar-refractivity contribution is 7.93. The Hall–Kier alpha value is -2.57. The van der Waals surface area contributed by atoms with Crippen LogP contribution in [0.4, 0.5) is 15.2 Å². The lowest BCUT2D eigenvalue weighted by Gasteiger charge is -2.11. The zero-order valence-corrected chi connectivity index (χ0v) is 17.3. The van der Waals surface area contributed by atoms with E-state index in [1.54, 1.807) is 24.3 Å². The minimum absolute atomic E-state index is 0.0471. The molecule has 1 amide bonds. The number of halogens is 1. The first-order chi connectivity index (χ1) is 14.4. The van der Waals surface area contributed by atoms with Crippen LogP contribution in [-0.2, 0) is 24.4 Å². The first-order valence-corrected chi connectivity index (χ1v) is 11.6. The maximum absolute atomic E-state index is 13.2. The van der Waals surface area contributed by atoms with Crippen LogP contribution in [-0.4, -0.2) is 49.6 Å². The number of benzene rings is 1. The fourth-order valence-corrected chi connectivity index (χ4v) is 4.67. The quantitative estimate of drug-likeness (QED) is 0.467. The van der Waals surface area contributed by atoms with Crippen molar-refractivity contribution in [2.45, 2.75) is 30.6 Å². The van der Waals surface area contributed by atoms with Gasteiger partial charge in [0, 0.05) is 17.7 Å². The number of rotatable bonds is 8. The van der Waals surface area contributed by atoms with E-state index in [0.717, 1.165) is 6.20 Å². The van der Waals surface area contributed by atoms with Crippen LogP contribution in [0.1, 0.15) is 24.8 Å². The maximum Gasteiger partial charge on any atom is 0.280 e. The standard InChI is InChI=1S/C18H19FN4O5S2/c19-15-9-20-18(29-15)21-17(24)16(22-28-13-7-8-27-10-13)11-1-3-12(4-2-11)23-30(25,26)14-5-6-14/h1-4,9,13-14,23H,5-8,10H2,(H,20,21,24)/t13-/m1/s1. The van der Waals surface area contributed by atoms with Gasteiger partial charge in [-0.2, -0.15) is 4.39 Å². The van der Waals surface area contributed by atoms with Crippen molar-refractivity contribution < 1.29 is 27.2 Å². The zero-order chi connectivity index (χ0) is 21.1. The summed E-state index contributed by atoms with van der Waals surface area (Å²) in [7, 11) is -3.39. The molecule has 2 aromatic rings. The molecule has 0 spiro atoms. The summed E-state index contributed by atoms with van der Waals surface area (Å²) in [4.78, 5) is 21.9. The van der Waals surface area contributed by atoms with E-state index in [0.29, 0.717) is 55.1 Å². The van der Waals surface area contributed by atoms with Crippen LogP contribution in [0.3, 0.4) is 0 Å². The molecule has 2 heterocycles. The van der Waals surface area contributed by atoms with Gasteiger partial charge >= 0.3 is 0 Å². The minimum Gasteiger partial charge on any atom is -0.389 e. The average molecular weight is 455 g/mol. The van der Waals surface area contributed by atoms with Crippen LogP contribution in [0.15, 0.2) is 35.6 Å². The second kappa shape index (κ2) is 8.66. The Morgan fingerprint density at radius 3 is 2.63 bits per heavy atom. The van der Waals surface area contributed by atoms with Gasteiger partial charge in [0.2, 0.25) is 10.0 Å². The molecule has 0 radical (unpaired) electrons. The van der Waals surface area contributed by atoms with Crippen LogP contribution in [0, 0.1) is 5.13 Å². The van der Waals surface area contributed by atoms with Gasteiger partial charge in [0.1, 0.15) is 0 Å². The molecule has 2 aliphatic rings. The average Bonchev–Trinajstić information content (AvgIpc) is 3.32. The van der Waals surface area contributed by atoms with Gasteiger partial charge in [-0.1, -0.05) is 28.6 Å². The molecule has 1 atom stereocenters. The smallest absolute Gasteiger partial charge is 0.280 e. The van der Waals surface area contributed by atoms with Gasteiger partial charge in [0.15, 0.2) is 22.1 Å². The molecule has 12 heteroatoms. The topological polar surface area (TPSA) is 119 Å². The molecule has 1 aromatic carbocycles. The number of anilines is 2. The fraction of sp³-hybridized carbons (Fsp3) is 0.389. The number of sulfonamides is 1. The van der Waals surface area contributed by atoms with E-state index in [4.69, 9.17) is 9.57 Å². The third kappa shape index (κ3) is 5.12. The molecular formula is C18H19FN4O5S2. The molecule has 0 bridgehead atoms. The lowest BCUT2D eigenvalue weighted by atomic mass is 10.1. The number of aromatic nitrogens is 1. The monoisotopic (exact) mass is 454 g/mol. The van der Waals surface area contributed by atoms with Crippen molar-refractivity contribution >= 4 is 43.8 Å². The summed E-state index contributed by atoms with van der Waals surface area (Å²) in [5.74, 6) is -0.630. The Morgan fingerprint density at radius 1 is 1.27 bits per heavy atom. The number of carbonyl (C=O) groups is 1. The van der Waals surface area contributed by atoms with Crippen LogP contribution >= 0.6 is 11.3 Å². The van der Waals surface area contributed by atoms with Gasteiger partial charge in [0.25, 0.3) is 5.91 Å². The lowest BCUT2D eigenvalue weighted by molar-refractivity contribution is -0.110. The number of oxime groups is 1. The number of nitrogens with zero attached hydrogens (tertiary/aromatic N) is 2. The summed E-state index contributed by atoms with van der Waals surface area (Å²) < 4.78 is 45.1. The SMILES string of the molecule is O=C(Nc1ncc(F)s1)C(=NO[C@@H]1CCOC1)c1ccc(NS(=O)(=O)C2CC2)cc1. The van der Waals surface area contributed by atoms with Crippen LogP contribution in [0.2, 0.25) is 0 Å². The first kappa shape index (κ1) is 20.7. The van der Waals surface area contributed by atoms with E-state index in [2.05, 4.69) is 20.2 Å². The van der Waals surface area contributed by atoms with Gasteiger partial charge in [-0.15, -0.1) is 0 Å². The largest absolute Gasteiger partial charge is 0.389 e. The van der Waals surface area contributed by atoms with E-state index in [1.807, 2.05) is 0 Å². The van der Waals surface area contributed by atoms with E-state index in [1.165, 1.54) is 0 Å². The molecule has 1 aliphatic heterocycles. The second-order valence-electron chi connectivity index (χ2n) is 6.88. The number of ether oxygens (including phenoxy) is 1. The third-order valence-corrected chi connectivity index (χ3v) is 7.05. The number of hydrogen-bond acceptors (Lipinski definition) is 8. The van der Waals surface area contributed by atoms with Crippen molar-refractivity contribution in [3.63, 3.8) is 0 Å². The number of nitrogens with one attached hydrogen (secondary N) is 2. The molecule has 2 fully saturated rings. The van der Waals surface area contributed by atoms with Crippen molar-refractivity contribution in [3.8, 4) is 0 Å². The summed E-state index contributed by atoms with van der Waals surface area (Å²) in [5.41, 5.74) is 0.740. The van der Waals surface area contributed by atoms with Crippen molar-refractivity contribution in [3.05, 3.63) is 41.2 Å². The van der Waals surface area contributed by atoms with E-state index in [9.17, 15) is 17.6 Å². The van der Waals surface area contributed by atoms with Crippen molar-refractivity contribution in [1.29, 1.82) is 0 Å². The summed E-state index contributed by atoms with van der Waals surface area (Å²) >= 11 is 0.687. The Morgan fingerprint density at radius 2 is 2.03 bits per heavy atom. The third-order valence-electron chi connectivity index (χ3n) is 4.48. The number of thiazole rings is 1. The Labute approximate surface area is 176 Å². The van der Waals surface area contributed by atoms with Crippen LogP contribution in [0.25, 0.3) is 0 Å². The normalized spacial score (nSPS) is 19.5. The Balaban J connectivity index is 1.53. The zero-order valence-electron chi connectivity index (χ0n) is 15.7. The highest BCUT2D eigenvalue weighted by Gasteiger charge is 2.35. The van der Waals surface area contributed by atoms with E-state index in [-0.39, 0.29) is 22.2 Å². The van der Waals surface area contributed by atoms with Gasteiger partial charge in [0.05, 0.1) is 24.7 Å². The molecule has 1 saturated heterocycles. The van der Waals surface area contributed by atoms with Gasteiger partial charge in [-0.25, -0.2) is 13.4 Å². The molecule has 2 N–H and O–H groups in total. The number of hydrogen-bond donors (Lipinski definition) is 2. The second-order valence-corrected chi connectivity index (χ2v) is 9.82. The lowest BCUT2D eigenvalue weighted by Crippen LogP contribution is -2.25. The van der Waals surface area contributed by atoms with Crippen LogP contribution in [0.5, 0.6) is 0 Å². The summed E-state index contributed by atoms with van der Waals surface area (Å²) in [6.45, 7) is 0.925. The molecule has 1 saturated carbocycles. The summed E-state index contributed by atoms with van der Waals surface area (Å²) in [5, 5.41) is 5.69. The first-order valence-electron chi connectivity index (χ1n) is 9.27. The van der Waals surface area contributed by atoms with Gasteiger partial charge in [-0.3, -0.25) is 14.8 Å². The molecule has 30 heavy (non-hydrogen) atoms. The number of amides is 1. The molecule has 160 valence electrons. The van der Waals surface area contributed by atoms with Crippen molar-refractivity contribution in [1.82, 2.24) is 4.98 Å². The minimum atomic E-state index is -3.39. The molecular weight excluding hydrogens is 435 g/mol. The van der Waals surface area contributed by atoms with E-state index >= 15 is 0 Å². The summed E-state index contributed by atoms with van der Waals surface area (Å²) in [6, 6.07) is 6.19. The highest BCUT2D eigenvalue weighted by atomic mass is 32.2. The predicted molar refractivity (Wildman–Crippen MR) is 110 cm³/mol. The molecule has 1 aliphatic carbocycles. The Bertz CT molecular complexity index is 1040. The number of carbonyl (C=O) groups excluding carboxylic acids is 1. The fourth-order valence-electron chi connectivity index (χ4n) is 2.74. The highest BCUT2D eigenvalue weighted by Crippen LogP contribution is 2.29. The van der Waals surface area contributed by atoms with Crippen molar-refractivity contribution in [2.24, 2.45) is 5.16 Å².